The van der Waals surface area contributed by atoms with E-state index in [2.05, 4.69) is 55.0 Å². The normalized spacial score (nSPS) is 11.0. The molecule has 1 aromatic heterocycles. The standard InChI is InChI=1S/C16H19ClN2/c1-11(2)8-14-10-15(17)19-16(18-14)9-13-6-4-12(3)5-7-13/h4-7,10-11H,8-9H2,1-3H3. The maximum atomic E-state index is 6.07. The summed E-state index contributed by atoms with van der Waals surface area (Å²) in [7, 11) is 0. The Balaban J connectivity index is 2.19. The van der Waals surface area contributed by atoms with Crippen LogP contribution >= 0.6 is 11.6 Å². The van der Waals surface area contributed by atoms with E-state index in [0.29, 0.717) is 11.1 Å². The quantitative estimate of drug-likeness (QED) is 0.780. The Hall–Kier alpha value is -1.41. The Morgan fingerprint density at radius 1 is 1.11 bits per heavy atom. The van der Waals surface area contributed by atoms with Gasteiger partial charge >= 0.3 is 0 Å². The largest absolute Gasteiger partial charge is 0.237 e. The Bertz CT molecular complexity index is 547. The summed E-state index contributed by atoms with van der Waals surface area (Å²) in [6.07, 6.45) is 1.66. The van der Waals surface area contributed by atoms with Crippen molar-refractivity contribution in [2.75, 3.05) is 0 Å². The number of aryl methyl sites for hydroxylation is 1. The molecule has 0 bridgehead atoms. The minimum Gasteiger partial charge on any atom is -0.237 e. The third-order valence-corrected chi connectivity index (χ3v) is 3.09. The van der Waals surface area contributed by atoms with E-state index in [1.165, 1.54) is 11.1 Å². The third kappa shape index (κ3) is 4.32. The van der Waals surface area contributed by atoms with Gasteiger partial charge in [0.25, 0.3) is 0 Å². The molecule has 2 rings (SSSR count). The maximum Gasteiger partial charge on any atom is 0.134 e. The number of hydrogen-bond acceptors (Lipinski definition) is 2. The first-order chi connectivity index (χ1) is 9.02. The molecule has 0 unspecified atom stereocenters. The predicted molar refractivity (Wildman–Crippen MR) is 79.6 cm³/mol. The van der Waals surface area contributed by atoms with Crippen molar-refractivity contribution in [1.29, 1.82) is 0 Å². The van der Waals surface area contributed by atoms with E-state index in [1.54, 1.807) is 0 Å². The van der Waals surface area contributed by atoms with E-state index in [-0.39, 0.29) is 0 Å². The first-order valence-corrected chi connectivity index (χ1v) is 6.98. The molecule has 0 saturated heterocycles. The lowest BCUT2D eigenvalue weighted by molar-refractivity contribution is 0.631. The molecule has 0 atom stereocenters. The van der Waals surface area contributed by atoms with Crippen LogP contribution in [-0.4, -0.2) is 9.97 Å². The number of halogens is 1. The zero-order valence-electron chi connectivity index (χ0n) is 11.7. The van der Waals surface area contributed by atoms with Crippen LogP contribution in [-0.2, 0) is 12.8 Å². The summed E-state index contributed by atoms with van der Waals surface area (Å²) in [5, 5.41) is 0.535. The van der Waals surface area contributed by atoms with Crippen LogP contribution in [0.3, 0.4) is 0 Å². The zero-order valence-corrected chi connectivity index (χ0v) is 12.4. The topological polar surface area (TPSA) is 25.8 Å². The summed E-state index contributed by atoms with van der Waals surface area (Å²) in [4.78, 5) is 8.91. The molecule has 2 nitrogen and oxygen atoms in total. The van der Waals surface area contributed by atoms with Crippen LogP contribution in [0.2, 0.25) is 5.15 Å². The monoisotopic (exact) mass is 274 g/mol. The van der Waals surface area contributed by atoms with E-state index in [4.69, 9.17) is 11.6 Å². The van der Waals surface area contributed by atoms with E-state index in [9.17, 15) is 0 Å². The summed E-state index contributed by atoms with van der Waals surface area (Å²) < 4.78 is 0. The molecule has 0 saturated carbocycles. The summed E-state index contributed by atoms with van der Waals surface area (Å²) in [6, 6.07) is 10.3. The molecule has 0 amide bonds. The highest BCUT2D eigenvalue weighted by molar-refractivity contribution is 6.29. The van der Waals surface area contributed by atoms with Gasteiger partial charge in [-0.15, -0.1) is 0 Å². The van der Waals surface area contributed by atoms with Crippen molar-refractivity contribution in [2.24, 2.45) is 5.92 Å². The number of benzene rings is 1. The van der Waals surface area contributed by atoms with Gasteiger partial charge in [-0.05, 0) is 30.9 Å². The van der Waals surface area contributed by atoms with Gasteiger partial charge in [-0.25, -0.2) is 9.97 Å². The number of rotatable bonds is 4. The molecule has 0 aliphatic carbocycles. The van der Waals surface area contributed by atoms with Gasteiger partial charge in [-0.1, -0.05) is 55.3 Å². The van der Waals surface area contributed by atoms with E-state index >= 15 is 0 Å². The SMILES string of the molecule is Cc1ccc(Cc2nc(Cl)cc(CC(C)C)n2)cc1. The molecule has 0 fully saturated rings. The summed E-state index contributed by atoms with van der Waals surface area (Å²) >= 11 is 6.07. The minimum atomic E-state index is 0.535. The van der Waals surface area contributed by atoms with Crippen LogP contribution in [0.25, 0.3) is 0 Å². The molecule has 1 heterocycles. The van der Waals surface area contributed by atoms with Crippen molar-refractivity contribution < 1.29 is 0 Å². The van der Waals surface area contributed by atoms with Crippen molar-refractivity contribution in [2.45, 2.75) is 33.6 Å². The van der Waals surface area contributed by atoms with Gasteiger partial charge in [-0.2, -0.15) is 0 Å². The Kier molecular flexibility index (Phi) is 4.54. The van der Waals surface area contributed by atoms with Gasteiger partial charge in [0, 0.05) is 12.1 Å². The summed E-state index contributed by atoms with van der Waals surface area (Å²) in [5.41, 5.74) is 3.50. The lowest BCUT2D eigenvalue weighted by atomic mass is 10.1. The van der Waals surface area contributed by atoms with Crippen molar-refractivity contribution >= 4 is 11.6 Å². The fraction of sp³-hybridized carbons (Fsp3) is 0.375. The van der Waals surface area contributed by atoms with Crippen LogP contribution in [0.1, 0.15) is 36.5 Å². The van der Waals surface area contributed by atoms with Gasteiger partial charge in [-0.3, -0.25) is 0 Å². The fourth-order valence-corrected chi connectivity index (χ4v) is 2.23. The van der Waals surface area contributed by atoms with Gasteiger partial charge in [0.15, 0.2) is 0 Å². The Morgan fingerprint density at radius 3 is 2.42 bits per heavy atom. The average Bonchev–Trinajstić information content (AvgIpc) is 2.30. The lowest BCUT2D eigenvalue weighted by Gasteiger charge is -2.07. The maximum absolute atomic E-state index is 6.07. The minimum absolute atomic E-state index is 0.535. The molecule has 1 aromatic carbocycles. The van der Waals surface area contributed by atoms with Crippen LogP contribution < -0.4 is 0 Å². The predicted octanol–water partition coefficient (Wildman–Crippen LogP) is 4.23. The molecule has 100 valence electrons. The number of hydrogen-bond donors (Lipinski definition) is 0. The second kappa shape index (κ2) is 6.16. The second-order valence-electron chi connectivity index (χ2n) is 5.36. The second-order valence-corrected chi connectivity index (χ2v) is 5.75. The first-order valence-electron chi connectivity index (χ1n) is 6.61. The van der Waals surface area contributed by atoms with Gasteiger partial charge in [0.1, 0.15) is 11.0 Å². The third-order valence-electron chi connectivity index (χ3n) is 2.89. The van der Waals surface area contributed by atoms with Gasteiger partial charge in [0.2, 0.25) is 0 Å². The highest BCUT2D eigenvalue weighted by Gasteiger charge is 2.06. The molecule has 19 heavy (non-hydrogen) atoms. The molecular weight excluding hydrogens is 256 g/mol. The zero-order chi connectivity index (χ0) is 13.8. The van der Waals surface area contributed by atoms with E-state index in [0.717, 1.165) is 24.4 Å². The Labute approximate surface area is 119 Å². The molecule has 0 aliphatic heterocycles. The Morgan fingerprint density at radius 2 is 1.79 bits per heavy atom. The van der Waals surface area contributed by atoms with Crippen LogP contribution in [0.5, 0.6) is 0 Å². The fourth-order valence-electron chi connectivity index (χ4n) is 2.01. The van der Waals surface area contributed by atoms with Crippen LogP contribution in [0.4, 0.5) is 0 Å². The van der Waals surface area contributed by atoms with Crippen molar-refractivity contribution in [3.8, 4) is 0 Å². The molecule has 3 heteroatoms. The number of nitrogens with zero attached hydrogens (tertiary/aromatic N) is 2. The number of aromatic nitrogens is 2. The summed E-state index contributed by atoms with van der Waals surface area (Å²) in [5.74, 6) is 1.37. The average molecular weight is 275 g/mol. The molecule has 0 aliphatic rings. The molecule has 0 N–H and O–H groups in total. The van der Waals surface area contributed by atoms with Crippen molar-refractivity contribution in [3.63, 3.8) is 0 Å². The molecule has 2 aromatic rings. The van der Waals surface area contributed by atoms with E-state index in [1.807, 2.05) is 6.07 Å². The van der Waals surface area contributed by atoms with Crippen molar-refractivity contribution in [1.82, 2.24) is 9.97 Å². The van der Waals surface area contributed by atoms with Crippen LogP contribution in [0.15, 0.2) is 30.3 Å². The molecular formula is C16H19ClN2. The smallest absolute Gasteiger partial charge is 0.134 e. The van der Waals surface area contributed by atoms with Gasteiger partial charge in [0.05, 0.1) is 0 Å². The van der Waals surface area contributed by atoms with Gasteiger partial charge < -0.3 is 0 Å². The molecule has 0 radical (unpaired) electrons. The lowest BCUT2D eigenvalue weighted by Crippen LogP contribution is -2.04. The van der Waals surface area contributed by atoms with Crippen molar-refractivity contribution in [3.05, 3.63) is 58.1 Å². The summed E-state index contributed by atoms with van der Waals surface area (Å²) in [6.45, 7) is 6.44. The highest BCUT2D eigenvalue weighted by Crippen LogP contribution is 2.14. The van der Waals surface area contributed by atoms with Crippen LogP contribution in [0, 0.1) is 12.8 Å². The van der Waals surface area contributed by atoms with E-state index < -0.39 is 0 Å². The first kappa shape index (κ1) is 14.0. The highest BCUT2D eigenvalue weighted by atomic mass is 35.5. The molecule has 0 spiro atoms.